The van der Waals surface area contributed by atoms with Gasteiger partial charge in [0.05, 0.1) is 6.42 Å². The number of rotatable bonds is 5. The molecule has 1 N–H and O–H groups in total. The molecule has 0 aliphatic carbocycles. The van der Waals surface area contributed by atoms with Gasteiger partial charge in [-0.25, -0.2) is 8.78 Å². The SMILES string of the molecule is Cc1ccc(CC(=O)NC2CCN(Cc3ccc(F)c(F)c3)CC2)cn1. The van der Waals surface area contributed by atoms with Crippen LogP contribution in [0.25, 0.3) is 0 Å². The molecule has 1 aromatic heterocycles. The van der Waals surface area contributed by atoms with Crippen molar-refractivity contribution in [1.29, 1.82) is 0 Å². The van der Waals surface area contributed by atoms with E-state index in [1.807, 2.05) is 19.1 Å². The minimum atomic E-state index is -0.820. The molecule has 2 heterocycles. The smallest absolute Gasteiger partial charge is 0.224 e. The van der Waals surface area contributed by atoms with Gasteiger partial charge in [-0.3, -0.25) is 14.7 Å². The number of halogens is 2. The predicted octanol–water partition coefficient (Wildman–Crippen LogP) is 2.99. The number of nitrogens with one attached hydrogen (secondary N) is 1. The van der Waals surface area contributed by atoms with E-state index in [2.05, 4.69) is 15.2 Å². The zero-order valence-electron chi connectivity index (χ0n) is 14.8. The number of hydrogen-bond acceptors (Lipinski definition) is 3. The molecule has 138 valence electrons. The van der Waals surface area contributed by atoms with Gasteiger partial charge in [0.2, 0.25) is 5.91 Å². The monoisotopic (exact) mass is 359 g/mol. The van der Waals surface area contributed by atoms with E-state index in [0.717, 1.165) is 48.8 Å². The van der Waals surface area contributed by atoms with E-state index in [1.165, 1.54) is 6.07 Å². The van der Waals surface area contributed by atoms with Crippen molar-refractivity contribution >= 4 is 5.91 Å². The summed E-state index contributed by atoms with van der Waals surface area (Å²) < 4.78 is 26.3. The van der Waals surface area contributed by atoms with Gasteiger partial charge in [-0.15, -0.1) is 0 Å². The minimum Gasteiger partial charge on any atom is -0.353 e. The predicted molar refractivity (Wildman–Crippen MR) is 95.5 cm³/mol. The van der Waals surface area contributed by atoms with Gasteiger partial charge in [-0.2, -0.15) is 0 Å². The molecule has 0 bridgehead atoms. The third kappa shape index (κ3) is 5.08. The first kappa shape index (κ1) is 18.5. The Balaban J connectivity index is 1.43. The molecule has 3 rings (SSSR count). The maximum atomic E-state index is 13.3. The number of carbonyl (C=O) groups excluding carboxylic acids is 1. The maximum Gasteiger partial charge on any atom is 0.224 e. The van der Waals surface area contributed by atoms with E-state index >= 15 is 0 Å². The minimum absolute atomic E-state index is 0.00899. The topological polar surface area (TPSA) is 45.2 Å². The zero-order chi connectivity index (χ0) is 18.5. The van der Waals surface area contributed by atoms with Crippen LogP contribution in [0.5, 0.6) is 0 Å². The number of piperidine rings is 1. The quantitative estimate of drug-likeness (QED) is 0.893. The van der Waals surface area contributed by atoms with Crippen LogP contribution in [0.2, 0.25) is 0 Å². The molecule has 1 aromatic carbocycles. The maximum absolute atomic E-state index is 13.3. The third-order valence-corrected chi connectivity index (χ3v) is 4.68. The molecule has 26 heavy (non-hydrogen) atoms. The molecule has 4 nitrogen and oxygen atoms in total. The Labute approximate surface area is 152 Å². The van der Waals surface area contributed by atoms with Gasteiger partial charge in [0.25, 0.3) is 0 Å². The van der Waals surface area contributed by atoms with Crippen molar-refractivity contribution in [3.63, 3.8) is 0 Å². The van der Waals surface area contributed by atoms with Gasteiger partial charge in [0, 0.05) is 37.6 Å². The van der Waals surface area contributed by atoms with Crippen LogP contribution >= 0.6 is 0 Å². The molecule has 1 amide bonds. The molecule has 0 spiro atoms. The summed E-state index contributed by atoms with van der Waals surface area (Å²) in [5.41, 5.74) is 2.60. The summed E-state index contributed by atoms with van der Waals surface area (Å²) in [6.07, 6.45) is 3.77. The number of carbonyl (C=O) groups is 1. The lowest BCUT2D eigenvalue weighted by molar-refractivity contribution is -0.121. The van der Waals surface area contributed by atoms with Gasteiger partial charge in [0.1, 0.15) is 0 Å². The summed E-state index contributed by atoms with van der Waals surface area (Å²) >= 11 is 0. The Morgan fingerprint density at radius 2 is 1.88 bits per heavy atom. The van der Waals surface area contributed by atoms with Crippen LogP contribution in [0.3, 0.4) is 0 Å². The number of pyridine rings is 1. The fourth-order valence-electron chi connectivity index (χ4n) is 3.20. The number of amides is 1. The average molecular weight is 359 g/mol. The van der Waals surface area contributed by atoms with Crippen molar-refractivity contribution in [3.05, 3.63) is 65.0 Å². The van der Waals surface area contributed by atoms with Crippen LogP contribution in [-0.2, 0) is 17.8 Å². The van der Waals surface area contributed by atoms with E-state index in [4.69, 9.17) is 0 Å². The van der Waals surface area contributed by atoms with E-state index in [-0.39, 0.29) is 11.9 Å². The van der Waals surface area contributed by atoms with Crippen molar-refractivity contribution in [2.24, 2.45) is 0 Å². The largest absolute Gasteiger partial charge is 0.353 e. The van der Waals surface area contributed by atoms with Crippen LogP contribution in [0.4, 0.5) is 8.78 Å². The molecule has 1 fully saturated rings. The fraction of sp³-hybridized carbons (Fsp3) is 0.400. The Kier molecular flexibility index (Phi) is 5.93. The Morgan fingerprint density at radius 3 is 2.54 bits per heavy atom. The standard InChI is InChI=1S/C20H23F2N3O/c1-14-2-3-15(12-23-14)11-20(26)24-17-6-8-25(9-7-17)13-16-4-5-18(21)19(22)10-16/h2-5,10,12,17H,6-9,11,13H2,1H3,(H,24,26). The average Bonchev–Trinajstić information content (AvgIpc) is 2.62. The Morgan fingerprint density at radius 1 is 1.15 bits per heavy atom. The second-order valence-corrected chi connectivity index (χ2v) is 6.85. The molecule has 1 aliphatic rings. The van der Waals surface area contributed by atoms with Gasteiger partial charge >= 0.3 is 0 Å². The van der Waals surface area contributed by atoms with Crippen LogP contribution in [0, 0.1) is 18.6 Å². The first-order valence-corrected chi connectivity index (χ1v) is 8.87. The van der Waals surface area contributed by atoms with Gasteiger partial charge in [0.15, 0.2) is 11.6 Å². The third-order valence-electron chi connectivity index (χ3n) is 4.68. The summed E-state index contributed by atoms with van der Waals surface area (Å²) in [4.78, 5) is 18.6. The molecule has 0 unspecified atom stereocenters. The van der Waals surface area contributed by atoms with Crippen molar-refractivity contribution in [1.82, 2.24) is 15.2 Å². The second-order valence-electron chi connectivity index (χ2n) is 6.85. The molecule has 0 radical (unpaired) electrons. The van der Waals surface area contributed by atoms with Crippen molar-refractivity contribution in [3.8, 4) is 0 Å². The van der Waals surface area contributed by atoms with Gasteiger partial charge in [-0.05, 0) is 49.1 Å². The Hall–Kier alpha value is -2.34. The number of hydrogen-bond donors (Lipinski definition) is 1. The van der Waals surface area contributed by atoms with Gasteiger partial charge < -0.3 is 5.32 Å². The lowest BCUT2D eigenvalue weighted by atomic mass is 10.0. The molecular weight excluding hydrogens is 336 g/mol. The first-order chi connectivity index (χ1) is 12.5. The highest BCUT2D eigenvalue weighted by molar-refractivity contribution is 5.78. The summed E-state index contributed by atoms with van der Waals surface area (Å²) in [5.74, 6) is -1.62. The fourth-order valence-corrected chi connectivity index (χ4v) is 3.20. The number of nitrogens with zero attached hydrogens (tertiary/aromatic N) is 2. The molecule has 1 saturated heterocycles. The van der Waals surface area contributed by atoms with E-state index in [0.29, 0.717) is 13.0 Å². The molecular formula is C20H23F2N3O. The Bertz CT molecular complexity index is 756. The lowest BCUT2D eigenvalue weighted by Gasteiger charge is -2.32. The number of benzene rings is 1. The van der Waals surface area contributed by atoms with Crippen molar-refractivity contribution in [2.75, 3.05) is 13.1 Å². The molecule has 0 saturated carbocycles. The van der Waals surface area contributed by atoms with E-state index in [1.54, 1.807) is 12.3 Å². The first-order valence-electron chi connectivity index (χ1n) is 8.87. The van der Waals surface area contributed by atoms with Crippen LogP contribution in [-0.4, -0.2) is 34.9 Å². The number of likely N-dealkylation sites (tertiary alicyclic amines) is 1. The highest BCUT2D eigenvalue weighted by atomic mass is 19.2. The van der Waals surface area contributed by atoms with Crippen LogP contribution in [0.15, 0.2) is 36.5 Å². The second kappa shape index (κ2) is 8.36. The molecule has 6 heteroatoms. The molecule has 0 atom stereocenters. The molecule has 1 aliphatic heterocycles. The normalized spacial score (nSPS) is 15.8. The van der Waals surface area contributed by atoms with E-state index < -0.39 is 11.6 Å². The summed E-state index contributed by atoms with van der Waals surface area (Å²) in [5, 5.41) is 3.08. The van der Waals surface area contributed by atoms with Crippen LogP contribution < -0.4 is 5.32 Å². The number of aromatic nitrogens is 1. The van der Waals surface area contributed by atoms with E-state index in [9.17, 15) is 13.6 Å². The summed E-state index contributed by atoms with van der Waals surface area (Å²) in [7, 11) is 0. The van der Waals surface area contributed by atoms with Gasteiger partial charge in [-0.1, -0.05) is 12.1 Å². The summed E-state index contributed by atoms with van der Waals surface area (Å²) in [6, 6.07) is 8.01. The lowest BCUT2D eigenvalue weighted by Crippen LogP contribution is -2.44. The highest BCUT2D eigenvalue weighted by Crippen LogP contribution is 2.16. The number of aryl methyl sites for hydroxylation is 1. The zero-order valence-corrected chi connectivity index (χ0v) is 14.8. The summed E-state index contributed by atoms with van der Waals surface area (Å²) in [6.45, 7) is 4.14. The van der Waals surface area contributed by atoms with Crippen molar-refractivity contribution < 1.29 is 13.6 Å². The highest BCUT2D eigenvalue weighted by Gasteiger charge is 2.21. The van der Waals surface area contributed by atoms with Crippen LogP contribution in [0.1, 0.15) is 29.7 Å². The van der Waals surface area contributed by atoms with Crippen molar-refractivity contribution in [2.45, 2.75) is 38.8 Å². The molecule has 2 aromatic rings.